The molecule has 0 aromatic heterocycles. The van der Waals surface area contributed by atoms with Gasteiger partial charge in [0, 0.05) is 6.04 Å². The molecule has 0 saturated heterocycles. The van der Waals surface area contributed by atoms with E-state index in [1.54, 1.807) is 0 Å². The maximum Gasteiger partial charge on any atom is 0.306 e. The molecule has 2 aromatic carbocycles. The summed E-state index contributed by atoms with van der Waals surface area (Å²) >= 11 is 0. The molecule has 2 N–H and O–H groups in total. The first-order chi connectivity index (χ1) is 12.5. The molecule has 0 radical (unpaired) electrons. The van der Waals surface area contributed by atoms with Crippen molar-refractivity contribution in [3.63, 3.8) is 0 Å². The zero-order valence-electron chi connectivity index (χ0n) is 14.8. The summed E-state index contributed by atoms with van der Waals surface area (Å²) in [4.78, 5) is 22.9. The number of rotatable bonds is 7. The maximum atomic E-state index is 12.1. The number of amides is 1. The molecule has 1 fully saturated rings. The van der Waals surface area contributed by atoms with Crippen molar-refractivity contribution >= 4 is 11.9 Å². The summed E-state index contributed by atoms with van der Waals surface area (Å²) < 4.78 is 5.85. The van der Waals surface area contributed by atoms with E-state index in [1.807, 2.05) is 42.5 Å². The average Bonchev–Trinajstić information content (AvgIpc) is 2.57. The molecule has 1 aliphatic rings. The molecule has 3 rings (SSSR count). The summed E-state index contributed by atoms with van der Waals surface area (Å²) in [5.74, 6) is -0.462. The summed E-state index contributed by atoms with van der Waals surface area (Å²) in [6.45, 7) is 2.54. The van der Waals surface area contributed by atoms with Crippen LogP contribution >= 0.6 is 0 Å². The molecule has 0 aliphatic heterocycles. The zero-order chi connectivity index (χ0) is 18.5. The van der Waals surface area contributed by atoms with Crippen molar-refractivity contribution in [2.75, 3.05) is 0 Å². The van der Waals surface area contributed by atoms with E-state index in [4.69, 9.17) is 9.84 Å². The molecular formula is C21H23NO4. The van der Waals surface area contributed by atoms with Gasteiger partial charge in [-0.25, -0.2) is 0 Å². The van der Waals surface area contributed by atoms with Crippen LogP contribution in [0.15, 0.2) is 48.5 Å². The van der Waals surface area contributed by atoms with Crippen LogP contribution in [0.4, 0.5) is 0 Å². The number of aliphatic carboxylic acids is 1. The molecule has 0 unspecified atom stereocenters. The number of carbonyl (C=O) groups is 2. The average molecular weight is 353 g/mol. The number of benzene rings is 2. The minimum Gasteiger partial charge on any atom is -0.489 e. The van der Waals surface area contributed by atoms with Crippen LogP contribution in [-0.2, 0) is 22.6 Å². The normalized spacial score (nSPS) is 18.7. The van der Waals surface area contributed by atoms with Crippen LogP contribution in [0.25, 0.3) is 0 Å². The second kappa shape index (κ2) is 8.04. The lowest BCUT2D eigenvalue weighted by Gasteiger charge is -2.32. The molecule has 0 bridgehead atoms. The van der Waals surface area contributed by atoms with E-state index in [9.17, 15) is 9.59 Å². The predicted octanol–water partition coefficient (Wildman–Crippen LogP) is 3.10. The van der Waals surface area contributed by atoms with Crippen LogP contribution in [0.3, 0.4) is 0 Å². The Morgan fingerprint density at radius 3 is 2.65 bits per heavy atom. The Morgan fingerprint density at radius 1 is 1.15 bits per heavy atom. The predicted molar refractivity (Wildman–Crippen MR) is 97.9 cm³/mol. The van der Waals surface area contributed by atoms with Gasteiger partial charge in [-0.15, -0.1) is 0 Å². The van der Waals surface area contributed by atoms with Gasteiger partial charge in [-0.3, -0.25) is 9.59 Å². The standard InChI is InChI=1S/C21H23NO4/c1-14-5-2-3-7-16(14)13-26-19-8-4-6-15(9-19)10-20(23)22-18-11-17(12-18)21(24)25/h2-9,17-18H,10-13H2,1H3,(H,22,23)(H,24,25). The van der Waals surface area contributed by atoms with Gasteiger partial charge in [-0.05, 0) is 48.6 Å². The Bertz CT molecular complexity index is 796. The van der Waals surface area contributed by atoms with Gasteiger partial charge in [0.05, 0.1) is 12.3 Å². The third kappa shape index (κ3) is 4.63. The van der Waals surface area contributed by atoms with Crippen LogP contribution in [0.2, 0.25) is 0 Å². The van der Waals surface area contributed by atoms with Gasteiger partial charge in [0.1, 0.15) is 12.4 Å². The van der Waals surface area contributed by atoms with Gasteiger partial charge in [-0.2, -0.15) is 0 Å². The first-order valence-electron chi connectivity index (χ1n) is 8.79. The quantitative estimate of drug-likeness (QED) is 0.802. The Morgan fingerprint density at radius 2 is 1.92 bits per heavy atom. The number of nitrogens with one attached hydrogen (secondary N) is 1. The van der Waals surface area contributed by atoms with Crippen molar-refractivity contribution in [2.24, 2.45) is 5.92 Å². The largest absolute Gasteiger partial charge is 0.489 e. The van der Waals surface area contributed by atoms with Crippen LogP contribution in [-0.4, -0.2) is 23.0 Å². The Labute approximate surface area is 153 Å². The molecular weight excluding hydrogens is 330 g/mol. The third-order valence-corrected chi connectivity index (χ3v) is 4.77. The topological polar surface area (TPSA) is 75.6 Å². The first kappa shape index (κ1) is 18.0. The van der Waals surface area contributed by atoms with Gasteiger partial charge < -0.3 is 15.2 Å². The summed E-state index contributed by atoms with van der Waals surface area (Å²) in [6, 6.07) is 15.6. The van der Waals surface area contributed by atoms with Crippen molar-refractivity contribution in [1.29, 1.82) is 0 Å². The van der Waals surface area contributed by atoms with Gasteiger partial charge in [0.25, 0.3) is 0 Å². The van der Waals surface area contributed by atoms with Gasteiger partial charge in [0.2, 0.25) is 5.91 Å². The summed E-state index contributed by atoms with van der Waals surface area (Å²) in [5.41, 5.74) is 3.19. The number of carbonyl (C=O) groups excluding carboxylic acids is 1. The fraction of sp³-hybridized carbons (Fsp3) is 0.333. The molecule has 0 spiro atoms. The SMILES string of the molecule is Cc1ccccc1COc1cccc(CC(=O)NC2CC(C(=O)O)C2)c1. The molecule has 26 heavy (non-hydrogen) atoms. The lowest BCUT2D eigenvalue weighted by Crippen LogP contribution is -2.47. The van der Waals surface area contributed by atoms with E-state index in [-0.39, 0.29) is 24.3 Å². The minimum absolute atomic E-state index is 0.0240. The van der Waals surface area contributed by atoms with Crippen LogP contribution in [0.5, 0.6) is 5.75 Å². The van der Waals surface area contributed by atoms with Crippen LogP contribution in [0.1, 0.15) is 29.5 Å². The zero-order valence-corrected chi connectivity index (χ0v) is 14.8. The number of hydrogen-bond acceptors (Lipinski definition) is 3. The highest BCUT2D eigenvalue weighted by Crippen LogP contribution is 2.27. The van der Waals surface area contributed by atoms with Crippen LogP contribution in [0, 0.1) is 12.8 Å². The van der Waals surface area contributed by atoms with Gasteiger partial charge in [0.15, 0.2) is 0 Å². The maximum absolute atomic E-state index is 12.1. The highest BCUT2D eigenvalue weighted by atomic mass is 16.5. The van der Waals surface area contributed by atoms with E-state index in [0.29, 0.717) is 19.4 Å². The lowest BCUT2D eigenvalue weighted by molar-refractivity contribution is -0.146. The number of ether oxygens (including phenoxy) is 1. The van der Waals surface area contributed by atoms with Crippen molar-refractivity contribution in [1.82, 2.24) is 5.32 Å². The van der Waals surface area contributed by atoms with Gasteiger partial charge >= 0.3 is 5.97 Å². The molecule has 2 aromatic rings. The Balaban J connectivity index is 1.50. The van der Waals surface area contributed by atoms with E-state index in [0.717, 1.165) is 16.9 Å². The fourth-order valence-corrected chi connectivity index (χ4v) is 3.08. The third-order valence-electron chi connectivity index (χ3n) is 4.77. The molecule has 0 heterocycles. The van der Waals surface area contributed by atoms with E-state index >= 15 is 0 Å². The Kier molecular flexibility index (Phi) is 5.56. The van der Waals surface area contributed by atoms with E-state index < -0.39 is 5.97 Å². The molecule has 1 saturated carbocycles. The highest BCUT2D eigenvalue weighted by molar-refractivity contribution is 5.79. The monoisotopic (exact) mass is 353 g/mol. The second-order valence-corrected chi connectivity index (χ2v) is 6.81. The highest BCUT2D eigenvalue weighted by Gasteiger charge is 2.35. The summed E-state index contributed by atoms with van der Waals surface area (Å²) in [5, 5.41) is 11.8. The van der Waals surface area contributed by atoms with Gasteiger partial charge in [-0.1, -0.05) is 36.4 Å². The number of carboxylic acids is 1. The molecule has 136 valence electrons. The Hall–Kier alpha value is -2.82. The molecule has 5 heteroatoms. The van der Waals surface area contributed by atoms with Crippen molar-refractivity contribution in [2.45, 2.75) is 38.8 Å². The van der Waals surface area contributed by atoms with E-state index in [1.165, 1.54) is 5.56 Å². The fourth-order valence-electron chi connectivity index (χ4n) is 3.08. The second-order valence-electron chi connectivity index (χ2n) is 6.81. The first-order valence-corrected chi connectivity index (χ1v) is 8.79. The molecule has 1 amide bonds. The summed E-state index contributed by atoms with van der Waals surface area (Å²) in [6.07, 6.45) is 1.29. The van der Waals surface area contributed by atoms with Crippen LogP contribution < -0.4 is 10.1 Å². The minimum atomic E-state index is -0.783. The van der Waals surface area contributed by atoms with Crippen molar-refractivity contribution < 1.29 is 19.4 Å². The molecule has 1 aliphatic carbocycles. The number of hydrogen-bond donors (Lipinski definition) is 2. The van der Waals surface area contributed by atoms with E-state index in [2.05, 4.69) is 18.3 Å². The number of carboxylic acid groups (broad SMARTS) is 1. The summed E-state index contributed by atoms with van der Waals surface area (Å²) in [7, 11) is 0. The number of aryl methyl sites for hydroxylation is 1. The van der Waals surface area contributed by atoms with Crippen molar-refractivity contribution in [3.05, 3.63) is 65.2 Å². The lowest BCUT2D eigenvalue weighted by atomic mass is 9.80. The molecule has 0 atom stereocenters. The van der Waals surface area contributed by atoms with Crippen molar-refractivity contribution in [3.8, 4) is 5.75 Å². The molecule has 5 nitrogen and oxygen atoms in total. The smallest absolute Gasteiger partial charge is 0.306 e.